The summed E-state index contributed by atoms with van der Waals surface area (Å²) in [4.78, 5) is 53.4. The van der Waals surface area contributed by atoms with Crippen molar-refractivity contribution < 1.29 is 28.7 Å². The molecule has 4 amide bonds. The van der Waals surface area contributed by atoms with Crippen molar-refractivity contribution in [1.29, 1.82) is 0 Å². The second-order valence-electron chi connectivity index (χ2n) is 10.5. The van der Waals surface area contributed by atoms with Gasteiger partial charge in [0.15, 0.2) is 0 Å². The van der Waals surface area contributed by atoms with Crippen molar-refractivity contribution in [1.82, 2.24) is 10.2 Å². The third-order valence-electron chi connectivity index (χ3n) is 5.75. The number of carbonyl (C=O) groups excluding carboxylic acids is 4. The van der Waals surface area contributed by atoms with E-state index in [1.165, 1.54) is 11.0 Å². The van der Waals surface area contributed by atoms with Gasteiger partial charge in [0.2, 0.25) is 11.8 Å². The molecule has 2 aromatic rings. The highest BCUT2D eigenvalue weighted by molar-refractivity contribution is 5.99. The van der Waals surface area contributed by atoms with Crippen molar-refractivity contribution in [2.75, 3.05) is 19.0 Å². The summed E-state index contributed by atoms with van der Waals surface area (Å²) in [6.07, 6.45) is 0.410. The highest BCUT2D eigenvalue weighted by Crippen LogP contribution is 2.27. The first-order valence-electron chi connectivity index (χ1n) is 13.0. The number of rotatable bonds is 12. The normalized spacial score (nSPS) is 12.4. The van der Waals surface area contributed by atoms with Gasteiger partial charge >= 0.3 is 6.09 Å². The van der Waals surface area contributed by atoms with Crippen molar-refractivity contribution in [2.24, 2.45) is 5.73 Å². The Hall–Kier alpha value is -4.34. The fourth-order valence-electron chi connectivity index (χ4n) is 4.18. The molecule has 0 bridgehead atoms. The summed E-state index contributed by atoms with van der Waals surface area (Å²) in [5.41, 5.74) is 7.42. The van der Waals surface area contributed by atoms with Gasteiger partial charge in [0.1, 0.15) is 23.4 Å². The van der Waals surface area contributed by atoms with Crippen molar-refractivity contribution >= 4 is 29.5 Å². The average molecular weight is 553 g/mol. The molecule has 0 spiro atoms. The number of amides is 4. The first kappa shape index (κ1) is 31.9. The third kappa shape index (κ3) is 9.76. The number of carbonyl (C=O) groups is 4. The summed E-state index contributed by atoms with van der Waals surface area (Å²) >= 11 is 0. The highest BCUT2D eigenvalue weighted by Gasteiger charge is 2.36. The summed E-state index contributed by atoms with van der Waals surface area (Å²) in [7, 11) is 1.54. The maximum atomic E-state index is 14.0. The van der Waals surface area contributed by atoms with Crippen LogP contribution in [0.4, 0.5) is 10.5 Å². The molecule has 2 rings (SSSR count). The predicted octanol–water partition coefficient (Wildman–Crippen LogP) is 4.17. The van der Waals surface area contributed by atoms with Gasteiger partial charge in [0.05, 0.1) is 7.11 Å². The van der Waals surface area contributed by atoms with Crippen LogP contribution in [0.1, 0.15) is 56.3 Å². The number of anilines is 1. The molecule has 10 nitrogen and oxygen atoms in total. The molecule has 40 heavy (non-hydrogen) atoms. The molecule has 2 atom stereocenters. The van der Waals surface area contributed by atoms with E-state index in [0.717, 1.165) is 11.1 Å². The van der Waals surface area contributed by atoms with Gasteiger partial charge in [-0.05, 0) is 70.9 Å². The Balaban J connectivity index is 2.54. The molecule has 0 saturated carbocycles. The van der Waals surface area contributed by atoms with Gasteiger partial charge in [-0.2, -0.15) is 0 Å². The van der Waals surface area contributed by atoms with Gasteiger partial charge in [-0.1, -0.05) is 35.4 Å². The van der Waals surface area contributed by atoms with Gasteiger partial charge < -0.3 is 30.7 Å². The molecule has 216 valence electrons. The van der Waals surface area contributed by atoms with Crippen LogP contribution in [0.3, 0.4) is 0 Å². The number of aryl methyl sites for hydroxylation is 2. The van der Waals surface area contributed by atoms with Crippen LogP contribution < -0.4 is 21.1 Å². The summed E-state index contributed by atoms with van der Waals surface area (Å²) < 4.78 is 10.5. The lowest BCUT2D eigenvalue weighted by Gasteiger charge is -2.34. The van der Waals surface area contributed by atoms with Gasteiger partial charge in [0.25, 0.3) is 5.91 Å². The van der Waals surface area contributed by atoms with Crippen LogP contribution in [0.2, 0.25) is 0 Å². The molecule has 2 aromatic carbocycles. The number of nitrogens with zero attached hydrogens (tertiary/aromatic N) is 1. The van der Waals surface area contributed by atoms with Gasteiger partial charge in [-0.3, -0.25) is 14.4 Å². The largest absolute Gasteiger partial charge is 0.497 e. The number of methoxy groups -OCH3 is 1. The van der Waals surface area contributed by atoms with E-state index in [9.17, 15) is 19.2 Å². The maximum absolute atomic E-state index is 14.0. The quantitative estimate of drug-likeness (QED) is 0.338. The lowest BCUT2D eigenvalue weighted by atomic mass is 9.97. The van der Waals surface area contributed by atoms with E-state index in [2.05, 4.69) is 17.2 Å². The molecule has 0 saturated heterocycles. The van der Waals surface area contributed by atoms with Crippen molar-refractivity contribution in [3.63, 3.8) is 0 Å². The average Bonchev–Trinajstić information content (AvgIpc) is 2.84. The van der Waals surface area contributed by atoms with Crippen molar-refractivity contribution in [3.8, 4) is 5.75 Å². The van der Waals surface area contributed by atoms with E-state index >= 15 is 0 Å². The van der Waals surface area contributed by atoms with Crippen LogP contribution >= 0.6 is 0 Å². The van der Waals surface area contributed by atoms with E-state index < -0.39 is 41.5 Å². The van der Waals surface area contributed by atoms with E-state index in [1.54, 1.807) is 52.1 Å². The van der Waals surface area contributed by atoms with Gasteiger partial charge in [0, 0.05) is 18.7 Å². The van der Waals surface area contributed by atoms with Crippen LogP contribution in [0, 0.1) is 13.8 Å². The summed E-state index contributed by atoms with van der Waals surface area (Å²) in [6, 6.07) is 10.1. The minimum atomic E-state index is -1.19. The van der Waals surface area contributed by atoms with Crippen LogP contribution in [-0.4, -0.2) is 54.0 Å². The molecule has 0 aliphatic heterocycles. The first-order valence-corrected chi connectivity index (χ1v) is 13.0. The zero-order valence-electron chi connectivity index (χ0n) is 24.1. The number of nitrogens with one attached hydrogen (secondary N) is 2. The Morgan fingerprint density at radius 2 is 1.65 bits per heavy atom. The number of nitrogens with two attached hydrogens (primary N) is 1. The molecule has 0 heterocycles. The standard InChI is InChI=1S/C30H40N4O6/c1-8-15-34(28(37)24(13-14-25(31)35)33-29(38)40-30(4,5)6)26(21-17-19(2)16-20(3)18-21)27(36)32-22-9-11-23(39-7)12-10-22/h8-12,16-18,24,26H,1,13-15H2,2-7H3,(H2,31,35)(H,32,36)(H,33,38). The Labute approximate surface area is 235 Å². The molecule has 4 N–H and O–H groups in total. The zero-order chi connectivity index (χ0) is 30.0. The number of alkyl carbamates (subject to hydrolysis) is 1. The fourth-order valence-corrected chi connectivity index (χ4v) is 4.18. The molecule has 0 aliphatic carbocycles. The van der Waals surface area contributed by atoms with Crippen LogP contribution in [0.25, 0.3) is 0 Å². The monoisotopic (exact) mass is 552 g/mol. The summed E-state index contributed by atoms with van der Waals surface area (Å²) in [5, 5.41) is 5.43. The molecule has 0 aromatic heterocycles. The predicted molar refractivity (Wildman–Crippen MR) is 154 cm³/mol. The smallest absolute Gasteiger partial charge is 0.408 e. The number of benzene rings is 2. The second-order valence-corrected chi connectivity index (χ2v) is 10.5. The van der Waals surface area contributed by atoms with Crippen molar-refractivity contribution in [3.05, 3.63) is 71.8 Å². The number of primary amides is 1. The molecule has 0 fully saturated rings. The van der Waals surface area contributed by atoms with E-state index in [0.29, 0.717) is 17.0 Å². The Kier molecular flexibility index (Phi) is 11.3. The van der Waals surface area contributed by atoms with Crippen LogP contribution in [-0.2, 0) is 19.1 Å². The second kappa shape index (κ2) is 14.2. The fraction of sp³-hybridized carbons (Fsp3) is 0.400. The van der Waals surface area contributed by atoms with Crippen LogP contribution in [0.15, 0.2) is 55.1 Å². The van der Waals surface area contributed by atoms with E-state index in [1.807, 2.05) is 32.0 Å². The Bertz CT molecular complexity index is 1200. The van der Waals surface area contributed by atoms with Gasteiger partial charge in [-0.25, -0.2) is 4.79 Å². The number of ether oxygens (including phenoxy) is 2. The molecule has 10 heteroatoms. The third-order valence-corrected chi connectivity index (χ3v) is 5.75. The molecule has 2 unspecified atom stereocenters. The summed E-state index contributed by atoms with van der Waals surface area (Å²) in [5.74, 6) is -1.09. The molecule has 0 aliphatic rings. The highest BCUT2D eigenvalue weighted by atomic mass is 16.6. The Morgan fingerprint density at radius 1 is 1.05 bits per heavy atom. The minimum Gasteiger partial charge on any atom is -0.497 e. The van der Waals surface area contributed by atoms with E-state index in [-0.39, 0.29) is 19.4 Å². The topological polar surface area (TPSA) is 140 Å². The van der Waals surface area contributed by atoms with Crippen molar-refractivity contribution in [2.45, 2.75) is 65.1 Å². The number of hydrogen-bond acceptors (Lipinski definition) is 6. The first-order chi connectivity index (χ1) is 18.7. The summed E-state index contributed by atoms with van der Waals surface area (Å²) in [6.45, 7) is 12.6. The van der Waals surface area contributed by atoms with E-state index in [4.69, 9.17) is 15.2 Å². The van der Waals surface area contributed by atoms with Crippen LogP contribution in [0.5, 0.6) is 5.75 Å². The zero-order valence-corrected chi connectivity index (χ0v) is 24.1. The minimum absolute atomic E-state index is 0.0183. The molecular weight excluding hydrogens is 512 g/mol. The van der Waals surface area contributed by atoms with Gasteiger partial charge in [-0.15, -0.1) is 6.58 Å². The number of hydrogen-bond donors (Lipinski definition) is 3. The maximum Gasteiger partial charge on any atom is 0.408 e. The lowest BCUT2D eigenvalue weighted by Crippen LogP contribution is -2.52. The molecule has 0 radical (unpaired) electrons. The Morgan fingerprint density at radius 3 is 2.15 bits per heavy atom. The SMILES string of the molecule is C=CCN(C(=O)C(CCC(N)=O)NC(=O)OC(C)(C)C)C(C(=O)Nc1ccc(OC)cc1)c1cc(C)cc(C)c1. The lowest BCUT2D eigenvalue weighted by molar-refractivity contribution is -0.140. The molecular formula is C30H40N4O6.